The lowest BCUT2D eigenvalue weighted by molar-refractivity contribution is -0.180. The minimum Gasteiger partial charge on any atom is -0.487 e. The molecule has 0 aromatic heterocycles. The SMILES string of the molecule is CC(C)Oc1ccccc1OC(=O)CCC(=O)OCC(F)(F)C(F)F. The number of halogens is 4. The van der Waals surface area contributed by atoms with Crippen LogP contribution in [0, 0.1) is 0 Å². The van der Waals surface area contributed by atoms with Gasteiger partial charge in [0, 0.05) is 0 Å². The molecule has 1 aromatic carbocycles. The summed E-state index contributed by atoms with van der Waals surface area (Å²) in [5.74, 6) is -5.99. The molecule has 0 fully saturated rings. The van der Waals surface area contributed by atoms with Gasteiger partial charge in [-0.3, -0.25) is 9.59 Å². The van der Waals surface area contributed by atoms with E-state index in [1.807, 2.05) is 0 Å². The van der Waals surface area contributed by atoms with Gasteiger partial charge in [-0.05, 0) is 26.0 Å². The molecule has 0 aliphatic carbocycles. The number of carbonyl (C=O) groups excluding carboxylic acids is 2. The Morgan fingerprint density at radius 2 is 1.60 bits per heavy atom. The van der Waals surface area contributed by atoms with Crippen molar-refractivity contribution in [1.82, 2.24) is 0 Å². The van der Waals surface area contributed by atoms with Crippen molar-refractivity contribution in [3.05, 3.63) is 24.3 Å². The molecule has 5 nitrogen and oxygen atoms in total. The number of alkyl halides is 4. The maximum Gasteiger partial charge on any atom is 0.340 e. The lowest BCUT2D eigenvalue weighted by Gasteiger charge is -2.15. The molecule has 0 unspecified atom stereocenters. The van der Waals surface area contributed by atoms with E-state index in [-0.39, 0.29) is 11.9 Å². The molecule has 1 aromatic rings. The summed E-state index contributed by atoms with van der Waals surface area (Å²) in [7, 11) is 0. The number of para-hydroxylation sites is 2. The second-order valence-corrected chi connectivity index (χ2v) is 5.31. The van der Waals surface area contributed by atoms with Crippen molar-refractivity contribution in [2.75, 3.05) is 6.61 Å². The van der Waals surface area contributed by atoms with Gasteiger partial charge < -0.3 is 14.2 Å². The van der Waals surface area contributed by atoms with Crippen LogP contribution in [0.25, 0.3) is 0 Å². The van der Waals surface area contributed by atoms with E-state index in [1.54, 1.807) is 32.0 Å². The third-order valence-electron chi connectivity index (χ3n) is 2.71. The first-order valence-electron chi connectivity index (χ1n) is 7.39. The van der Waals surface area contributed by atoms with E-state index in [2.05, 4.69) is 4.74 Å². The summed E-state index contributed by atoms with van der Waals surface area (Å²) in [6.45, 7) is 1.82. The molecule has 9 heteroatoms. The van der Waals surface area contributed by atoms with Crippen molar-refractivity contribution in [3.63, 3.8) is 0 Å². The summed E-state index contributed by atoms with van der Waals surface area (Å²) < 4.78 is 63.6. The van der Waals surface area contributed by atoms with Crippen LogP contribution in [0.15, 0.2) is 24.3 Å². The molecule has 0 aliphatic rings. The molecule has 0 amide bonds. The van der Waals surface area contributed by atoms with Crippen molar-refractivity contribution in [2.45, 2.75) is 45.1 Å². The van der Waals surface area contributed by atoms with E-state index >= 15 is 0 Å². The summed E-state index contributed by atoms with van der Waals surface area (Å²) in [5, 5.41) is 0. The Labute approximate surface area is 141 Å². The fraction of sp³-hybridized carbons (Fsp3) is 0.500. The molecular formula is C16H18F4O5. The summed E-state index contributed by atoms with van der Waals surface area (Å²) in [6, 6.07) is 6.35. The number of ether oxygens (including phenoxy) is 3. The van der Waals surface area contributed by atoms with Crippen LogP contribution in [0.5, 0.6) is 11.5 Å². The minimum atomic E-state index is -4.43. The average molecular weight is 366 g/mol. The molecule has 0 N–H and O–H groups in total. The van der Waals surface area contributed by atoms with Crippen molar-refractivity contribution in [2.24, 2.45) is 0 Å². The summed E-state index contributed by atoms with van der Waals surface area (Å²) in [5.41, 5.74) is 0. The second-order valence-electron chi connectivity index (χ2n) is 5.31. The Kier molecular flexibility index (Phi) is 7.66. The quantitative estimate of drug-likeness (QED) is 0.380. The maximum atomic E-state index is 12.6. The van der Waals surface area contributed by atoms with E-state index in [0.29, 0.717) is 5.75 Å². The van der Waals surface area contributed by atoms with Crippen molar-refractivity contribution in [3.8, 4) is 11.5 Å². The van der Waals surface area contributed by atoms with E-state index in [4.69, 9.17) is 9.47 Å². The Bertz CT molecular complexity index is 590. The monoisotopic (exact) mass is 366 g/mol. The lowest BCUT2D eigenvalue weighted by Crippen LogP contribution is -2.33. The number of carbonyl (C=O) groups is 2. The van der Waals surface area contributed by atoms with Crippen LogP contribution in [0.1, 0.15) is 26.7 Å². The van der Waals surface area contributed by atoms with Crippen LogP contribution in [0.2, 0.25) is 0 Å². The van der Waals surface area contributed by atoms with Gasteiger partial charge in [0.05, 0.1) is 18.9 Å². The van der Waals surface area contributed by atoms with Crippen molar-refractivity contribution in [1.29, 1.82) is 0 Å². The molecule has 0 atom stereocenters. The van der Waals surface area contributed by atoms with Crippen molar-refractivity contribution >= 4 is 11.9 Å². The number of hydrogen-bond acceptors (Lipinski definition) is 5. The van der Waals surface area contributed by atoms with Gasteiger partial charge in [0.2, 0.25) is 0 Å². The Morgan fingerprint density at radius 1 is 1.04 bits per heavy atom. The van der Waals surface area contributed by atoms with E-state index in [9.17, 15) is 27.2 Å². The fourth-order valence-electron chi connectivity index (χ4n) is 1.58. The van der Waals surface area contributed by atoms with Gasteiger partial charge in [0.25, 0.3) is 0 Å². The van der Waals surface area contributed by atoms with Gasteiger partial charge in [-0.1, -0.05) is 12.1 Å². The molecular weight excluding hydrogens is 348 g/mol. The first-order chi connectivity index (χ1) is 11.6. The number of esters is 2. The van der Waals surface area contributed by atoms with E-state index in [0.717, 1.165) is 0 Å². The Balaban J connectivity index is 2.47. The predicted octanol–water partition coefficient (Wildman–Crippen LogP) is 3.60. The molecule has 140 valence electrons. The highest BCUT2D eigenvalue weighted by Gasteiger charge is 2.42. The van der Waals surface area contributed by atoms with Crippen LogP contribution in [0.3, 0.4) is 0 Å². The van der Waals surface area contributed by atoms with E-state index < -0.39 is 43.7 Å². The molecule has 0 bridgehead atoms. The topological polar surface area (TPSA) is 61.8 Å². The van der Waals surface area contributed by atoms with Gasteiger partial charge in [-0.2, -0.15) is 8.78 Å². The summed E-state index contributed by atoms with van der Waals surface area (Å²) in [6.07, 6.45) is -5.14. The fourth-order valence-corrected chi connectivity index (χ4v) is 1.58. The Morgan fingerprint density at radius 3 is 2.16 bits per heavy atom. The molecule has 1 rings (SSSR count). The number of hydrogen-bond donors (Lipinski definition) is 0. The first kappa shape index (κ1) is 20.7. The molecule has 0 saturated heterocycles. The first-order valence-corrected chi connectivity index (χ1v) is 7.39. The summed E-state index contributed by atoms with van der Waals surface area (Å²) in [4.78, 5) is 23.0. The predicted molar refractivity (Wildman–Crippen MR) is 79.0 cm³/mol. The zero-order valence-corrected chi connectivity index (χ0v) is 13.6. The number of rotatable bonds is 9. The van der Waals surface area contributed by atoms with Crippen LogP contribution in [0.4, 0.5) is 17.6 Å². The molecule has 0 spiro atoms. The molecule has 0 heterocycles. The van der Waals surface area contributed by atoms with Crippen LogP contribution in [-0.2, 0) is 14.3 Å². The highest BCUT2D eigenvalue weighted by atomic mass is 19.3. The number of benzene rings is 1. The average Bonchev–Trinajstić information content (AvgIpc) is 2.52. The second kappa shape index (κ2) is 9.24. The molecule has 0 aliphatic heterocycles. The van der Waals surface area contributed by atoms with E-state index in [1.165, 1.54) is 6.07 Å². The van der Waals surface area contributed by atoms with Crippen LogP contribution >= 0.6 is 0 Å². The van der Waals surface area contributed by atoms with Gasteiger partial charge >= 0.3 is 24.3 Å². The molecule has 0 saturated carbocycles. The van der Waals surface area contributed by atoms with Gasteiger partial charge in [-0.25, -0.2) is 8.78 Å². The Hall–Kier alpha value is -2.32. The zero-order chi connectivity index (χ0) is 19.0. The van der Waals surface area contributed by atoms with Crippen LogP contribution < -0.4 is 9.47 Å². The maximum absolute atomic E-state index is 12.6. The third-order valence-corrected chi connectivity index (χ3v) is 2.71. The normalized spacial score (nSPS) is 11.5. The lowest BCUT2D eigenvalue weighted by atomic mass is 10.3. The zero-order valence-electron chi connectivity index (χ0n) is 13.6. The minimum absolute atomic E-state index is 0.138. The van der Waals surface area contributed by atoms with Gasteiger partial charge in [0.1, 0.15) is 0 Å². The third kappa shape index (κ3) is 7.40. The van der Waals surface area contributed by atoms with Crippen LogP contribution in [-0.4, -0.2) is 37.0 Å². The highest BCUT2D eigenvalue weighted by Crippen LogP contribution is 2.28. The largest absolute Gasteiger partial charge is 0.487 e. The van der Waals surface area contributed by atoms with Gasteiger partial charge in [-0.15, -0.1) is 0 Å². The van der Waals surface area contributed by atoms with Crippen molar-refractivity contribution < 1.29 is 41.4 Å². The molecule has 0 radical (unpaired) electrons. The smallest absolute Gasteiger partial charge is 0.340 e. The highest BCUT2D eigenvalue weighted by molar-refractivity contribution is 5.79. The standard InChI is InChI=1S/C16H18F4O5/c1-10(2)24-11-5-3-4-6-12(11)25-14(22)8-7-13(21)23-9-16(19,20)15(17)18/h3-6,10,15H,7-9H2,1-2H3. The molecule has 25 heavy (non-hydrogen) atoms. The van der Waals surface area contributed by atoms with Gasteiger partial charge in [0.15, 0.2) is 18.1 Å². The summed E-state index contributed by atoms with van der Waals surface area (Å²) >= 11 is 0.